The van der Waals surface area contributed by atoms with Crippen LogP contribution in [0, 0.1) is 0 Å². The van der Waals surface area contributed by atoms with Gasteiger partial charge in [-0.15, -0.1) is 0 Å². The maximum atomic E-state index is 12.4. The summed E-state index contributed by atoms with van der Waals surface area (Å²) < 4.78 is 37.3. The zero-order valence-electron chi connectivity index (χ0n) is 10.5. The van der Waals surface area contributed by atoms with Crippen LogP contribution >= 0.6 is 0 Å². The summed E-state index contributed by atoms with van der Waals surface area (Å²) in [6.45, 7) is 2.02. The van der Waals surface area contributed by atoms with Crippen molar-refractivity contribution < 1.29 is 13.2 Å². The molecule has 0 aromatic heterocycles. The molecule has 0 spiro atoms. The number of hydrogen-bond acceptors (Lipinski definition) is 0. The van der Waals surface area contributed by atoms with E-state index in [4.69, 9.17) is 0 Å². The fourth-order valence-corrected chi connectivity index (χ4v) is 1.92. The number of hydrogen-bond donors (Lipinski definition) is 0. The zero-order valence-corrected chi connectivity index (χ0v) is 10.5. The summed E-state index contributed by atoms with van der Waals surface area (Å²) in [4.78, 5) is 0. The topological polar surface area (TPSA) is 0 Å². The Morgan fingerprint density at radius 3 is 2.00 bits per heavy atom. The van der Waals surface area contributed by atoms with Gasteiger partial charge >= 0.3 is 6.18 Å². The average Bonchev–Trinajstić information content (AvgIpc) is 2.39. The van der Waals surface area contributed by atoms with Crippen molar-refractivity contribution in [2.24, 2.45) is 0 Å². The molecule has 1 unspecified atom stereocenters. The SMILES string of the molecule is CC([B]c1ccc(C(F)(F)F)cc1)c1ccccc1. The Morgan fingerprint density at radius 2 is 1.47 bits per heavy atom. The highest BCUT2D eigenvalue weighted by Crippen LogP contribution is 2.28. The Kier molecular flexibility index (Phi) is 3.98. The van der Waals surface area contributed by atoms with Crippen LogP contribution in [-0.4, -0.2) is 7.28 Å². The molecule has 97 valence electrons. The smallest absolute Gasteiger partial charge is 0.166 e. The van der Waals surface area contributed by atoms with Crippen LogP contribution in [0.25, 0.3) is 0 Å². The highest BCUT2D eigenvalue weighted by Gasteiger charge is 2.29. The largest absolute Gasteiger partial charge is 0.416 e. The van der Waals surface area contributed by atoms with Crippen molar-refractivity contribution in [1.82, 2.24) is 0 Å². The first-order chi connectivity index (χ1) is 8.97. The van der Waals surface area contributed by atoms with Crippen LogP contribution in [0.1, 0.15) is 23.9 Å². The van der Waals surface area contributed by atoms with Crippen LogP contribution in [0.4, 0.5) is 13.2 Å². The quantitative estimate of drug-likeness (QED) is 0.737. The van der Waals surface area contributed by atoms with Crippen molar-refractivity contribution in [1.29, 1.82) is 0 Å². The maximum Gasteiger partial charge on any atom is 0.416 e. The summed E-state index contributed by atoms with van der Waals surface area (Å²) >= 11 is 0. The molecule has 1 radical (unpaired) electrons. The van der Waals surface area contributed by atoms with E-state index in [0.717, 1.165) is 23.2 Å². The Balaban J connectivity index is 2.08. The lowest BCUT2D eigenvalue weighted by Gasteiger charge is -2.12. The van der Waals surface area contributed by atoms with Gasteiger partial charge in [0.1, 0.15) is 0 Å². The summed E-state index contributed by atoms with van der Waals surface area (Å²) in [5.74, 6) is 0.165. The molecule has 2 aromatic carbocycles. The van der Waals surface area contributed by atoms with Crippen molar-refractivity contribution in [3.63, 3.8) is 0 Å². The van der Waals surface area contributed by atoms with Crippen LogP contribution < -0.4 is 5.46 Å². The Labute approximate surface area is 111 Å². The van der Waals surface area contributed by atoms with Gasteiger partial charge in [-0.25, -0.2) is 0 Å². The van der Waals surface area contributed by atoms with E-state index in [2.05, 4.69) is 0 Å². The van der Waals surface area contributed by atoms with Gasteiger partial charge in [0.15, 0.2) is 7.28 Å². The van der Waals surface area contributed by atoms with Crippen molar-refractivity contribution in [3.05, 3.63) is 65.7 Å². The molecule has 0 aliphatic heterocycles. The van der Waals surface area contributed by atoms with Crippen LogP contribution in [0.2, 0.25) is 0 Å². The number of benzene rings is 2. The van der Waals surface area contributed by atoms with Crippen molar-refractivity contribution in [3.8, 4) is 0 Å². The van der Waals surface area contributed by atoms with E-state index in [1.165, 1.54) is 12.1 Å². The molecule has 4 heteroatoms. The maximum absolute atomic E-state index is 12.4. The third kappa shape index (κ3) is 3.63. The lowest BCUT2D eigenvalue weighted by atomic mass is 9.57. The third-order valence-corrected chi connectivity index (χ3v) is 3.01. The fourth-order valence-electron chi connectivity index (χ4n) is 1.92. The summed E-state index contributed by atoms with van der Waals surface area (Å²) in [6, 6.07) is 15.1. The molecule has 0 fully saturated rings. The summed E-state index contributed by atoms with van der Waals surface area (Å²) in [6.07, 6.45) is -4.27. The fraction of sp³-hybridized carbons (Fsp3) is 0.200. The summed E-state index contributed by atoms with van der Waals surface area (Å²) in [5, 5.41) is 0. The minimum atomic E-state index is -4.27. The van der Waals surface area contributed by atoms with E-state index in [9.17, 15) is 13.2 Å². The molecular weight excluding hydrogens is 248 g/mol. The van der Waals surface area contributed by atoms with Gasteiger partial charge < -0.3 is 0 Å². The standard InChI is InChI=1S/C15H13BF3/c1-11(12-5-3-2-4-6-12)16-14-9-7-13(8-10-14)15(17,18)19/h2-11H,1H3. The molecule has 0 N–H and O–H groups in total. The molecule has 2 rings (SSSR count). The molecule has 19 heavy (non-hydrogen) atoms. The van der Waals surface area contributed by atoms with Gasteiger partial charge in [-0.2, -0.15) is 13.2 Å². The van der Waals surface area contributed by atoms with Crippen molar-refractivity contribution in [2.45, 2.75) is 18.9 Å². The molecule has 2 aromatic rings. The first-order valence-electron chi connectivity index (χ1n) is 6.04. The molecule has 0 saturated heterocycles. The van der Waals surface area contributed by atoms with E-state index in [0.29, 0.717) is 0 Å². The predicted molar refractivity (Wildman–Crippen MR) is 71.7 cm³/mol. The van der Waals surface area contributed by atoms with Gasteiger partial charge in [0.2, 0.25) is 0 Å². The zero-order chi connectivity index (χ0) is 13.9. The second-order valence-electron chi connectivity index (χ2n) is 4.49. The highest BCUT2D eigenvalue weighted by atomic mass is 19.4. The van der Waals surface area contributed by atoms with Crippen LogP contribution in [-0.2, 0) is 6.18 Å². The van der Waals surface area contributed by atoms with E-state index in [1.807, 2.05) is 44.5 Å². The molecule has 0 amide bonds. The molecule has 0 aliphatic rings. The van der Waals surface area contributed by atoms with Gasteiger partial charge in [-0.05, 0) is 5.82 Å². The highest BCUT2D eigenvalue weighted by molar-refractivity contribution is 6.54. The Bertz CT molecular complexity index is 517. The van der Waals surface area contributed by atoms with Crippen LogP contribution in [0.5, 0.6) is 0 Å². The molecule has 0 nitrogen and oxygen atoms in total. The molecule has 1 atom stereocenters. The van der Waals surface area contributed by atoms with Gasteiger partial charge in [0, 0.05) is 0 Å². The van der Waals surface area contributed by atoms with E-state index in [-0.39, 0.29) is 5.82 Å². The van der Waals surface area contributed by atoms with Gasteiger partial charge in [-0.1, -0.05) is 72.5 Å². The number of rotatable bonds is 3. The lowest BCUT2D eigenvalue weighted by Crippen LogP contribution is -2.20. The van der Waals surface area contributed by atoms with E-state index < -0.39 is 11.7 Å². The average molecular weight is 261 g/mol. The molecule has 0 heterocycles. The van der Waals surface area contributed by atoms with Crippen molar-refractivity contribution >= 4 is 12.7 Å². The van der Waals surface area contributed by atoms with E-state index in [1.54, 1.807) is 0 Å². The van der Waals surface area contributed by atoms with Gasteiger partial charge in [-0.3, -0.25) is 0 Å². The normalized spacial score (nSPS) is 13.1. The van der Waals surface area contributed by atoms with E-state index >= 15 is 0 Å². The second-order valence-corrected chi connectivity index (χ2v) is 4.49. The number of alkyl halides is 3. The minimum Gasteiger partial charge on any atom is -0.166 e. The first-order valence-corrected chi connectivity index (χ1v) is 6.04. The second kappa shape index (κ2) is 5.51. The lowest BCUT2D eigenvalue weighted by molar-refractivity contribution is -0.137. The third-order valence-electron chi connectivity index (χ3n) is 3.01. The molecular formula is C15H13BF3. The predicted octanol–water partition coefficient (Wildman–Crippen LogP) is 3.80. The molecule has 0 bridgehead atoms. The van der Waals surface area contributed by atoms with Crippen LogP contribution in [0.3, 0.4) is 0 Å². The molecule has 0 saturated carbocycles. The van der Waals surface area contributed by atoms with Gasteiger partial charge in [0.05, 0.1) is 5.56 Å². The molecule has 0 aliphatic carbocycles. The van der Waals surface area contributed by atoms with Crippen LogP contribution in [0.15, 0.2) is 54.6 Å². The Morgan fingerprint density at radius 1 is 0.895 bits per heavy atom. The monoisotopic (exact) mass is 261 g/mol. The minimum absolute atomic E-state index is 0.165. The first kappa shape index (κ1) is 13.7. The summed E-state index contributed by atoms with van der Waals surface area (Å²) in [5.41, 5.74) is 1.32. The number of halogens is 3. The summed E-state index contributed by atoms with van der Waals surface area (Å²) in [7, 11) is 1.95. The Hall–Kier alpha value is -1.71. The van der Waals surface area contributed by atoms with Gasteiger partial charge in [0.25, 0.3) is 0 Å². The van der Waals surface area contributed by atoms with Crippen molar-refractivity contribution in [2.75, 3.05) is 0 Å².